The maximum atomic E-state index is 13.1. The first-order chi connectivity index (χ1) is 31.8. The minimum atomic E-state index is -1.98. The average molecular weight is 950 g/mol. The fourth-order valence-corrected chi connectivity index (χ4v) is 8.04. The van der Waals surface area contributed by atoms with Crippen molar-refractivity contribution in [2.45, 2.75) is 227 Å². The van der Waals surface area contributed by atoms with E-state index < -0.39 is 124 Å². The normalized spacial score (nSPS) is 34.1. The van der Waals surface area contributed by atoms with Crippen molar-refractivity contribution in [1.82, 2.24) is 5.32 Å². The number of carbonyl (C=O) groups is 1. The van der Waals surface area contributed by atoms with E-state index in [1.807, 2.05) is 6.08 Å². The number of amides is 1. The van der Waals surface area contributed by atoms with Gasteiger partial charge in [-0.15, -0.1) is 0 Å². The zero-order valence-electron chi connectivity index (χ0n) is 38.9. The van der Waals surface area contributed by atoms with Gasteiger partial charge < -0.3 is 89.9 Å². The van der Waals surface area contributed by atoms with Gasteiger partial charge in [0.25, 0.3) is 0 Å². The van der Waals surface area contributed by atoms with E-state index in [1.165, 1.54) is 32.1 Å². The summed E-state index contributed by atoms with van der Waals surface area (Å²) in [6.45, 7) is 1.55. The molecule has 12 N–H and O–H groups in total. The molecule has 66 heavy (non-hydrogen) atoms. The first kappa shape index (κ1) is 58.3. The van der Waals surface area contributed by atoms with E-state index >= 15 is 0 Å². The Labute approximate surface area is 390 Å². The highest BCUT2D eigenvalue weighted by Gasteiger charge is 2.53. The fourth-order valence-electron chi connectivity index (χ4n) is 8.04. The van der Waals surface area contributed by atoms with E-state index in [-0.39, 0.29) is 18.9 Å². The number of rotatable bonds is 32. The van der Waals surface area contributed by atoms with Crippen molar-refractivity contribution in [3.05, 3.63) is 36.5 Å². The molecule has 0 radical (unpaired) electrons. The largest absolute Gasteiger partial charge is 0.394 e. The molecule has 19 nitrogen and oxygen atoms in total. The molecule has 0 saturated carbocycles. The Balaban J connectivity index is 1.60. The van der Waals surface area contributed by atoms with Crippen LogP contribution in [0.25, 0.3) is 0 Å². The van der Waals surface area contributed by atoms with Crippen LogP contribution in [-0.2, 0) is 33.2 Å². The second kappa shape index (κ2) is 32.8. The Hall–Kier alpha value is -1.99. The van der Waals surface area contributed by atoms with Crippen molar-refractivity contribution in [2.75, 3.05) is 26.4 Å². The first-order valence-corrected chi connectivity index (χ1v) is 24.2. The minimum Gasteiger partial charge on any atom is -0.394 e. The Bertz CT molecular complexity index is 1370. The number of unbranched alkanes of at least 4 members (excludes halogenated alkanes) is 12. The number of nitrogens with one attached hydrogen (secondary N) is 1. The molecule has 0 aromatic heterocycles. The van der Waals surface area contributed by atoms with Crippen LogP contribution in [-0.4, -0.2) is 193 Å². The standard InChI is InChI=1S/C47H83NO18/c1-3-5-7-9-11-12-13-14-15-16-17-19-20-22-24-31(52)30(48-35(53)25-23-21-18-10-8-6-4-2)29-61-45-41(59)38(56)43(33(27-50)63-45)66-47-42(60)39(57)44(34(28-51)64-47)65-46-40(58)37(55)36(54)32(26-49)62-46/h12-13,16-17,22,24,30-34,36-47,49-52,54-60H,3-11,14-15,18-21,23,25-29H2,1-2H3,(H,48,53)/b13-12+,17-16+,24-22+. The molecule has 3 aliphatic heterocycles. The molecule has 17 atom stereocenters. The van der Waals surface area contributed by atoms with Gasteiger partial charge >= 0.3 is 0 Å². The topological polar surface area (TPSA) is 307 Å². The molecule has 3 rings (SSSR count). The molecular weight excluding hydrogens is 867 g/mol. The summed E-state index contributed by atoms with van der Waals surface area (Å²) in [7, 11) is 0. The summed E-state index contributed by atoms with van der Waals surface area (Å²) in [4.78, 5) is 13.1. The number of carbonyl (C=O) groups excluding carboxylic acids is 1. The van der Waals surface area contributed by atoms with Gasteiger partial charge in [-0.2, -0.15) is 0 Å². The molecule has 0 bridgehead atoms. The number of aliphatic hydroxyl groups is 11. The third-order valence-corrected chi connectivity index (χ3v) is 12.2. The van der Waals surface area contributed by atoms with Crippen molar-refractivity contribution in [1.29, 1.82) is 0 Å². The summed E-state index contributed by atoms with van der Waals surface area (Å²) in [6.07, 6.45) is 1.92. The number of allylic oxidation sites excluding steroid dienone is 5. The van der Waals surface area contributed by atoms with Gasteiger partial charge in [-0.05, 0) is 44.9 Å². The Morgan fingerprint density at radius 2 is 0.970 bits per heavy atom. The van der Waals surface area contributed by atoms with Crippen LogP contribution in [0.1, 0.15) is 123 Å². The first-order valence-electron chi connectivity index (χ1n) is 24.2. The van der Waals surface area contributed by atoms with Gasteiger partial charge in [-0.3, -0.25) is 4.79 Å². The summed E-state index contributed by atoms with van der Waals surface area (Å²) in [5.74, 6) is -0.301. The Morgan fingerprint density at radius 3 is 1.52 bits per heavy atom. The van der Waals surface area contributed by atoms with Crippen molar-refractivity contribution in [2.24, 2.45) is 0 Å². The molecule has 3 aliphatic rings. The fraction of sp³-hybridized carbons (Fsp3) is 0.851. The predicted octanol–water partition coefficient (Wildman–Crippen LogP) is 0.637. The van der Waals surface area contributed by atoms with Gasteiger partial charge in [-0.25, -0.2) is 0 Å². The molecule has 3 saturated heterocycles. The highest BCUT2D eigenvalue weighted by atomic mass is 16.8. The Morgan fingerprint density at radius 1 is 0.530 bits per heavy atom. The van der Waals surface area contributed by atoms with Gasteiger partial charge in [0.05, 0.1) is 38.6 Å². The molecular formula is C47H83NO18. The maximum absolute atomic E-state index is 13.1. The van der Waals surface area contributed by atoms with Crippen LogP contribution >= 0.6 is 0 Å². The van der Waals surface area contributed by atoms with Gasteiger partial charge in [0.15, 0.2) is 18.9 Å². The van der Waals surface area contributed by atoms with Crippen LogP contribution in [0.2, 0.25) is 0 Å². The molecule has 3 fully saturated rings. The van der Waals surface area contributed by atoms with E-state index in [0.29, 0.717) is 12.8 Å². The summed E-state index contributed by atoms with van der Waals surface area (Å²) in [6, 6.07) is -0.988. The lowest BCUT2D eigenvalue weighted by Gasteiger charge is -2.48. The third kappa shape index (κ3) is 19.1. The van der Waals surface area contributed by atoms with Crippen molar-refractivity contribution >= 4 is 5.91 Å². The molecule has 19 heteroatoms. The van der Waals surface area contributed by atoms with Crippen LogP contribution in [0.15, 0.2) is 36.5 Å². The quantitative estimate of drug-likeness (QED) is 0.0325. The van der Waals surface area contributed by atoms with E-state index in [0.717, 1.165) is 57.8 Å². The van der Waals surface area contributed by atoms with Crippen molar-refractivity contribution < 1.29 is 89.4 Å². The average Bonchev–Trinajstić information content (AvgIpc) is 3.31. The number of aliphatic hydroxyl groups excluding tert-OH is 11. The van der Waals surface area contributed by atoms with Crippen LogP contribution in [0.3, 0.4) is 0 Å². The highest BCUT2D eigenvalue weighted by molar-refractivity contribution is 5.76. The van der Waals surface area contributed by atoms with Gasteiger partial charge in [0, 0.05) is 6.42 Å². The summed E-state index contributed by atoms with van der Waals surface area (Å²) in [5.41, 5.74) is 0. The van der Waals surface area contributed by atoms with Gasteiger partial charge in [0.1, 0.15) is 73.2 Å². The van der Waals surface area contributed by atoms with Crippen LogP contribution < -0.4 is 5.32 Å². The van der Waals surface area contributed by atoms with Gasteiger partial charge in [0.2, 0.25) is 5.91 Å². The zero-order chi connectivity index (χ0) is 48.4. The third-order valence-electron chi connectivity index (χ3n) is 12.2. The highest BCUT2D eigenvalue weighted by Crippen LogP contribution is 2.33. The van der Waals surface area contributed by atoms with E-state index in [2.05, 4.69) is 43.5 Å². The number of ether oxygens (including phenoxy) is 6. The zero-order valence-corrected chi connectivity index (χ0v) is 38.9. The number of hydrogen-bond donors (Lipinski definition) is 12. The molecule has 0 aromatic carbocycles. The molecule has 1 amide bonds. The van der Waals surface area contributed by atoms with Crippen molar-refractivity contribution in [3.63, 3.8) is 0 Å². The SMILES string of the molecule is CCCCCC/C=C/CC/C=C/CC/C=C/C(O)C(COC1OC(CO)C(OC2OC(CO)C(OC3OC(CO)C(O)C(O)C3O)C(O)C2O)C(O)C1O)NC(=O)CCCCCCCCC. The predicted molar refractivity (Wildman–Crippen MR) is 240 cm³/mol. The molecule has 17 unspecified atom stereocenters. The summed E-state index contributed by atoms with van der Waals surface area (Å²) >= 11 is 0. The van der Waals surface area contributed by atoms with Crippen LogP contribution in [0.5, 0.6) is 0 Å². The summed E-state index contributed by atoms with van der Waals surface area (Å²) in [5, 5.41) is 119. The minimum absolute atomic E-state index is 0.230. The lowest BCUT2D eigenvalue weighted by atomic mass is 9.96. The summed E-state index contributed by atoms with van der Waals surface area (Å²) < 4.78 is 34.0. The smallest absolute Gasteiger partial charge is 0.220 e. The van der Waals surface area contributed by atoms with Crippen molar-refractivity contribution in [3.8, 4) is 0 Å². The monoisotopic (exact) mass is 950 g/mol. The van der Waals surface area contributed by atoms with E-state index in [4.69, 9.17) is 28.4 Å². The second-order valence-electron chi connectivity index (χ2n) is 17.6. The molecule has 0 aliphatic carbocycles. The second-order valence-corrected chi connectivity index (χ2v) is 17.6. The number of hydrogen-bond acceptors (Lipinski definition) is 18. The molecule has 384 valence electrons. The van der Waals surface area contributed by atoms with E-state index in [9.17, 15) is 61.0 Å². The lowest BCUT2D eigenvalue weighted by molar-refractivity contribution is -0.379. The molecule has 0 spiro atoms. The molecule has 0 aromatic rings. The lowest BCUT2D eigenvalue weighted by Crippen LogP contribution is -2.66. The maximum Gasteiger partial charge on any atom is 0.220 e. The Kier molecular flexibility index (Phi) is 28.9. The molecule has 3 heterocycles. The van der Waals surface area contributed by atoms with E-state index in [1.54, 1.807) is 6.08 Å². The van der Waals surface area contributed by atoms with Gasteiger partial charge in [-0.1, -0.05) is 108 Å². The van der Waals surface area contributed by atoms with Crippen LogP contribution in [0.4, 0.5) is 0 Å². The van der Waals surface area contributed by atoms with Crippen LogP contribution in [0, 0.1) is 0 Å².